The van der Waals surface area contributed by atoms with Crippen molar-refractivity contribution in [3.63, 3.8) is 0 Å². The first kappa shape index (κ1) is 19.5. The molecule has 0 saturated carbocycles. The van der Waals surface area contributed by atoms with Crippen LogP contribution < -0.4 is 0 Å². The summed E-state index contributed by atoms with van der Waals surface area (Å²) in [6, 6.07) is 10.1. The molecule has 0 amide bonds. The van der Waals surface area contributed by atoms with Gasteiger partial charge < -0.3 is 4.84 Å². The smallest absolute Gasteiger partial charge is 0.352 e. The van der Waals surface area contributed by atoms with Crippen LogP contribution in [0.2, 0.25) is 0 Å². The summed E-state index contributed by atoms with van der Waals surface area (Å²) in [5, 5.41) is 1.91. The second-order valence-electron chi connectivity index (χ2n) is 8.20. The van der Waals surface area contributed by atoms with Crippen LogP contribution in [0.5, 0.6) is 0 Å². The molecule has 136 valence electrons. The Kier molecular flexibility index (Phi) is 5.89. The van der Waals surface area contributed by atoms with Crippen LogP contribution in [0.25, 0.3) is 6.08 Å². The molecule has 1 aromatic carbocycles. The largest absolute Gasteiger partial charge is 0.363 e. The van der Waals surface area contributed by atoms with Gasteiger partial charge in [0.1, 0.15) is 0 Å². The Bertz CT molecular complexity index is 653. The minimum Gasteiger partial charge on any atom is -0.363 e. The Morgan fingerprint density at radius 1 is 1.04 bits per heavy atom. The topological polar surface area (TPSA) is 29.5 Å². The first-order valence-corrected chi connectivity index (χ1v) is 9.07. The first-order chi connectivity index (χ1) is 11.6. The quantitative estimate of drug-likeness (QED) is 0.532. The molecule has 1 heterocycles. The van der Waals surface area contributed by atoms with E-state index in [0.717, 1.165) is 30.4 Å². The monoisotopic (exact) mass is 341 g/mol. The predicted molar refractivity (Wildman–Crippen MR) is 104 cm³/mol. The van der Waals surface area contributed by atoms with Crippen LogP contribution in [0, 0.1) is 0 Å². The molecule has 1 aromatic rings. The molecule has 0 aromatic heterocycles. The minimum atomic E-state index is -0.265. The Hall–Kier alpha value is -1.87. The molecule has 0 radical (unpaired) electrons. The average Bonchev–Trinajstić information content (AvgIpc) is 2.55. The lowest BCUT2D eigenvalue weighted by Gasteiger charge is -2.50. The van der Waals surface area contributed by atoms with Gasteiger partial charge in [-0.1, -0.05) is 42.5 Å². The van der Waals surface area contributed by atoms with E-state index in [1.54, 1.807) is 0 Å². The lowest BCUT2D eigenvalue weighted by atomic mass is 9.82. The molecule has 1 saturated heterocycles. The van der Waals surface area contributed by atoms with Crippen LogP contribution in [-0.4, -0.2) is 22.1 Å². The van der Waals surface area contributed by atoms with Crippen LogP contribution in [0.15, 0.2) is 47.6 Å². The highest BCUT2D eigenvalue weighted by Crippen LogP contribution is 2.38. The number of benzene rings is 1. The van der Waals surface area contributed by atoms with Crippen molar-refractivity contribution in [2.45, 2.75) is 71.9 Å². The fourth-order valence-corrected chi connectivity index (χ4v) is 3.45. The third kappa shape index (κ3) is 4.82. The van der Waals surface area contributed by atoms with Crippen LogP contribution in [-0.2, 0) is 9.63 Å². The van der Waals surface area contributed by atoms with Crippen LogP contribution in [0.4, 0.5) is 0 Å². The second-order valence-corrected chi connectivity index (χ2v) is 8.20. The number of hydrogen-bond donors (Lipinski definition) is 0. The maximum atomic E-state index is 12.7. The number of piperidine rings is 1. The minimum absolute atomic E-state index is 0.147. The standard InChI is InChI=1S/C22H31NO2/c1-17(13-14-19-11-8-7-9-12-19)18(2)20(24)25-23-21(3,4)15-10-16-22(23,5)6/h7-9,11-14H,10,15-16H2,1-6H3. The molecular formula is C22H31NO2. The molecule has 1 aliphatic rings. The lowest BCUT2D eigenvalue weighted by molar-refractivity contribution is -0.262. The molecular weight excluding hydrogens is 310 g/mol. The van der Waals surface area contributed by atoms with Crippen molar-refractivity contribution in [3.8, 4) is 0 Å². The van der Waals surface area contributed by atoms with Crippen LogP contribution >= 0.6 is 0 Å². The highest BCUT2D eigenvalue weighted by Gasteiger charge is 2.44. The SMILES string of the molecule is CC(C=Cc1ccccc1)=C(C)C(=O)ON1C(C)(C)CCCC1(C)C. The van der Waals surface area contributed by atoms with Crippen molar-refractivity contribution in [1.29, 1.82) is 0 Å². The van der Waals surface area contributed by atoms with Crippen LogP contribution in [0.3, 0.4) is 0 Å². The van der Waals surface area contributed by atoms with Gasteiger partial charge in [-0.3, -0.25) is 0 Å². The van der Waals surface area contributed by atoms with Gasteiger partial charge in [-0.2, -0.15) is 0 Å². The van der Waals surface area contributed by atoms with Crippen molar-refractivity contribution in [2.75, 3.05) is 0 Å². The van der Waals surface area contributed by atoms with E-state index < -0.39 is 0 Å². The molecule has 0 bridgehead atoms. The molecule has 0 N–H and O–H groups in total. The van der Waals surface area contributed by atoms with Gasteiger partial charge in [0, 0.05) is 5.57 Å². The number of hydrogen-bond acceptors (Lipinski definition) is 3. The zero-order chi connectivity index (χ0) is 18.7. The number of allylic oxidation sites excluding steroid dienone is 2. The Balaban J connectivity index is 2.14. The zero-order valence-corrected chi connectivity index (χ0v) is 16.4. The molecule has 0 spiro atoms. The summed E-state index contributed by atoms with van der Waals surface area (Å²) in [6.07, 6.45) is 7.19. The third-order valence-corrected chi connectivity index (χ3v) is 5.07. The van der Waals surface area contributed by atoms with Gasteiger partial charge in [-0.25, -0.2) is 4.79 Å². The van der Waals surface area contributed by atoms with E-state index in [9.17, 15) is 4.79 Å². The second kappa shape index (κ2) is 7.57. The molecule has 1 aliphatic heterocycles. The highest BCUT2D eigenvalue weighted by molar-refractivity contribution is 5.89. The summed E-state index contributed by atoms with van der Waals surface area (Å²) in [7, 11) is 0. The van der Waals surface area contributed by atoms with Gasteiger partial charge >= 0.3 is 5.97 Å². The summed E-state index contributed by atoms with van der Waals surface area (Å²) in [6.45, 7) is 12.3. The summed E-state index contributed by atoms with van der Waals surface area (Å²) < 4.78 is 0. The Morgan fingerprint density at radius 3 is 2.16 bits per heavy atom. The molecule has 2 rings (SSSR count). The predicted octanol–water partition coefficient (Wildman–Crippen LogP) is 5.54. The van der Waals surface area contributed by atoms with Crippen molar-refractivity contribution >= 4 is 12.0 Å². The van der Waals surface area contributed by atoms with E-state index in [-0.39, 0.29) is 17.0 Å². The first-order valence-electron chi connectivity index (χ1n) is 9.07. The number of nitrogens with zero attached hydrogens (tertiary/aromatic N) is 1. The van der Waals surface area contributed by atoms with E-state index >= 15 is 0 Å². The molecule has 25 heavy (non-hydrogen) atoms. The molecule has 3 nitrogen and oxygen atoms in total. The van der Waals surface area contributed by atoms with Gasteiger partial charge in [0.05, 0.1) is 11.1 Å². The summed E-state index contributed by atoms with van der Waals surface area (Å²) in [5.41, 5.74) is 2.38. The van der Waals surface area contributed by atoms with Crippen LogP contribution in [0.1, 0.15) is 66.4 Å². The average molecular weight is 341 g/mol. The van der Waals surface area contributed by atoms with Gasteiger partial charge in [0.15, 0.2) is 0 Å². The molecule has 3 heteroatoms. The van der Waals surface area contributed by atoms with Gasteiger partial charge in [0.2, 0.25) is 0 Å². The van der Waals surface area contributed by atoms with E-state index in [1.807, 2.05) is 61.4 Å². The van der Waals surface area contributed by atoms with E-state index in [1.165, 1.54) is 0 Å². The molecule has 0 unspecified atom stereocenters. The lowest BCUT2D eigenvalue weighted by Crippen LogP contribution is -2.58. The van der Waals surface area contributed by atoms with Crippen molar-refractivity contribution < 1.29 is 9.63 Å². The summed E-state index contributed by atoms with van der Waals surface area (Å²) in [4.78, 5) is 18.5. The van der Waals surface area contributed by atoms with E-state index in [4.69, 9.17) is 4.84 Å². The van der Waals surface area contributed by atoms with E-state index in [0.29, 0.717) is 5.57 Å². The van der Waals surface area contributed by atoms with Gasteiger partial charge in [0.25, 0.3) is 0 Å². The number of carbonyl (C=O) groups excluding carboxylic acids is 1. The third-order valence-electron chi connectivity index (χ3n) is 5.07. The maximum Gasteiger partial charge on any atom is 0.352 e. The Labute approximate surface area is 152 Å². The Morgan fingerprint density at radius 2 is 1.60 bits per heavy atom. The number of rotatable bonds is 4. The van der Waals surface area contributed by atoms with Crippen molar-refractivity contribution in [2.24, 2.45) is 0 Å². The zero-order valence-electron chi connectivity index (χ0n) is 16.4. The van der Waals surface area contributed by atoms with Gasteiger partial charge in [-0.05, 0) is 71.9 Å². The summed E-state index contributed by atoms with van der Waals surface area (Å²) >= 11 is 0. The number of carbonyl (C=O) groups is 1. The van der Waals surface area contributed by atoms with Gasteiger partial charge in [-0.15, -0.1) is 5.06 Å². The van der Waals surface area contributed by atoms with Crippen molar-refractivity contribution in [1.82, 2.24) is 5.06 Å². The highest BCUT2D eigenvalue weighted by atomic mass is 16.7. The number of hydroxylamine groups is 2. The normalized spacial score (nSPS) is 21.0. The molecule has 1 fully saturated rings. The maximum absolute atomic E-state index is 12.7. The van der Waals surface area contributed by atoms with Crippen molar-refractivity contribution in [3.05, 3.63) is 53.1 Å². The summed E-state index contributed by atoms with van der Waals surface area (Å²) in [5.74, 6) is -0.265. The fraction of sp³-hybridized carbons (Fsp3) is 0.500. The fourth-order valence-electron chi connectivity index (χ4n) is 3.45. The molecule has 0 aliphatic carbocycles. The molecule has 0 atom stereocenters. The van der Waals surface area contributed by atoms with E-state index in [2.05, 4.69) is 27.7 Å².